The summed E-state index contributed by atoms with van der Waals surface area (Å²) in [4.78, 5) is 0. The van der Waals surface area contributed by atoms with Gasteiger partial charge in [-0.2, -0.15) is 15.8 Å². The van der Waals surface area contributed by atoms with Crippen LogP contribution in [-0.2, 0) is 0 Å². The number of hydrogen-bond donors (Lipinski definition) is 0. The van der Waals surface area contributed by atoms with Crippen molar-refractivity contribution in [1.82, 2.24) is 9.13 Å². The number of nitriles is 3. The summed E-state index contributed by atoms with van der Waals surface area (Å²) < 4.78 is 7.10. The van der Waals surface area contributed by atoms with Gasteiger partial charge in [0.25, 0.3) is 0 Å². The van der Waals surface area contributed by atoms with Gasteiger partial charge in [-0.05, 0) is 107 Å². The van der Waals surface area contributed by atoms with E-state index < -0.39 is 0 Å². The first kappa shape index (κ1) is 32.5. The van der Waals surface area contributed by atoms with Crippen molar-refractivity contribution in [2.24, 2.45) is 0 Å². The molecule has 3 aromatic heterocycles. The highest BCUT2D eigenvalue weighted by atomic mass is 32.1. The van der Waals surface area contributed by atoms with Gasteiger partial charge < -0.3 is 9.13 Å². The summed E-state index contributed by atoms with van der Waals surface area (Å²) >= 11 is 1.86. The van der Waals surface area contributed by atoms with Gasteiger partial charge in [-0.3, -0.25) is 0 Å². The standard InChI is InChI=1S/C51H27N5S/c52-28-31-16-19-46-43(24-31)44-25-32(29-53)17-20-47(44)56(46)37-23-33(30-54)22-35(27-37)39-11-2-1-10-38(39)34-8-7-9-36(26-34)55-45-14-5-3-13-42(45)50-48(55)21-18-41-40-12-4-6-15-49(40)57-51(41)50/h1-27H. The van der Waals surface area contributed by atoms with E-state index in [0.717, 1.165) is 61.0 Å². The van der Waals surface area contributed by atoms with E-state index in [-0.39, 0.29) is 0 Å². The van der Waals surface area contributed by atoms with Gasteiger partial charge in [-0.25, -0.2) is 0 Å². The fourth-order valence-electron chi connectivity index (χ4n) is 8.71. The predicted molar refractivity (Wildman–Crippen MR) is 233 cm³/mol. The maximum Gasteiger partial charge on any atom is 0.0992 e. The van der Waals surface area contributed by atoms with E-state index in [1.165, 1.54) is 36.5 Å². The van der Waals surface area contributed by atoms with Crippen LogP contribution in [0.25, 0.3) is 97.4 Å². The van der Waals surface area contributed by atoms with Crippen molar-refractivity contribution in [1.29, 1.82) is 15.8 Å². The van der Waals surface area contributed by atoms with E-state index >= 15 is 0 Å². The lowest BCUT2D eigenvalue weighted by Gasteiger charge is -2.15. The van der Waals surface area contributed by atoms with Crippen LogP contribution >= 0.6 is 11.3 Å². The van der Waals surface area contributed by atoms with Crippen LogP contribution in [0.1, 0.15) is 16.7 Å². The molecule has 0 aliphatic heterocycles. The van der Waals surface area contributed by atoms with Crippen LogP contribution in [0, 0.1) is 34.0 Å². The zero-order chi connectivity index (χ0) is 38.2. The van der Waals surface area contributed by atoms with Crippen molar-refractivity contribution in [3.05, 3.63) is 180 Å². The molecule has 0 bridgehead atoms. The largest absolute Gasteiger partial charge is 0.309 e. The molecule has 0 spiro atoms. The summed E-state index contributed by atoms with van der Waals surface area (Å²) in [6.07, 6.45) is 0. The number of rotatable bonds is 4. The Morgan fingerprint density at radius 2 is 0.982 bits per heavy atom. The van der Waals surface area contributed by atoms with Crippen LogP contribution in [0.5, 0.6) is 0 Å². The van der Waals surface area contributed by atoms with Gasteiger partial charge in [-0.1, -0.05) is 78.9 Å². The monoisotopic (exact) mass is 741 g/mol. The molecule has 0 radical (unpaired) electrons. The number of nitrogens with zero attached hydrogens (tertiary/aromatic N) is 5. The molecule has 0 unspecified atom stereocenters. The zero-order valence-electron chi connectivity index (χ0n) is 30.2. The van der Waals surface area contributed by atoms with E-state index in [1.54, 1.807) is 0 Å². The number of benzene rings is 8. The van der Waals surface area contributed by atoms with Gasteiger partial charge in [0.1, 0.15) is 0 Å². The van der Waals surface area contributed by atoms with Crippen LogP contribution in [0.2, 0.25) is 0 Å². The summed E-state index contributed by atoms with van der Waals surface area (Å²) in [5.41, 5.74) is 11.6. The molecular weight excluding hydrogens is 715 g/mol. The second-order valence-corrected chi connectivity index (χ2v) is 15.3. The molecule has 57 heavy (non-hydrogen) atoms. The molecule has 0 atom stereocenters. The van der Waals surface area contributed by atoms with E-state index in [4.69, 9.17) is 0 Å². The minimum Gasteiger partial charge on any atom is -0.309 e. The van der Waals surface area contributed by atoms with Gasteiger partial charge in [-0.15, -0.1) is 11.3 Å². The average molecular weight is 742 g/mol. The molecule has 5 nitrogen and oxygen atoms in total. The molecule has 8 aromatic carbocycles. The van der Waals surface area contributed by atoms with Gasteiger partial charge in [0.15, 0.2) is 0 Å². The SMILES string of the molecule is N#Cc1cc(-c2ccccc2-c2cccc(-n3c4ccccc4c4c5sc6ccccc6c5ccc43)c2)cc(-n2c3ccc(C#N)cc3c3cc(C#N)ccc32)c1. The third-order valence-corrected chi connectivity index (χ3v) is 12.4. The first-order valence-corrected chi connectivity index (χ1v) is 19.4. The molecule has 262 valence electrons. The Balaban J connectivity index is 1.10. The van der Waals surface area contributed by atoms with Crippen LogP contribution < -0.4 is 0 Å². The Morgan fingerprint density at radius 1 is 0.386 bits per heavy atom. The average Bonchev–Trinajstić information content (AvgIpc) is 3.93. The Bertz CT molecular complexity index is 3560. The molecule has 3 heterocycles. The van der Waals surface area contributed by atoms with E-state index in [2.05, 4.69) is 137 Å². The van der Waals surface area contributed by atoms with E-state index in [0.29, 0.717) is 16.7 Å². The van der Waals surface area contributed by atoms with Crippen molar-refractivity contribution < 1.29 is 0 Å². The Hall–Kier alpha value is -7.95. The molecule has 6 heteroatoms. The fourth-order valence-corrected chi connectivity index (χ4v) is 9.97. The summed E-state index contributed by atoms with van der Waals surface area (Å²) in [7, 11) is 0. The molecule has 0 saturated heterocycles. The summed E-state index contributed by atoms with van der Waals surface area (Å²) in [6.45, 7) is 0. The molecule has 0 amide bonds. The number of thiophene rings is 1. The number of para-hydroxylation sites is 1. The molecule has 0 aliphatic rings. The van der Waals surface area contributed by atoms with Crippen molar-refractivity contribution in [2.75, 3.05) is 0 Å². The predicted octanol–water partition coefficient (Wildman–Crippen LogP) is 13.2. The minimum atomic E-state index is 0.529. The van der Waals surface area contributed by atoms with Crippen LogP contribution in [-0.4, -0.2) is 9.13 Å². The van der Waals surface area contributed by atoms with Crippen molar-refractivity contribution >= 4 is 75.1 Å². The number of hydrogen-bond acceptors (Lipinski definition) is 4. The molecule has 0 saturated carbocycles. The third kappa shape index (κ3) is 4.91. The highest BCUT2D eigenvalue weighted by Gasteiger charge is 2.20. The van der Waals surface area contributed by atoms with Gasteiger partial charge >= 0.3 is 0 Å². The highest BCUT2D eigenvalue weighted by Crippen LogP contribution is 2.44. The second kappa shape index (κ2) is 12.6. The molecule has 0 N–H and O–H groups in total. The fraction of sp³-hybridized carbons (Fsp3) is 0. The Kier molecular flexibility index (Phi) is 7.15. The minimum absolute atomic E-state index is 0.529. The van der Waals surface area contributed by atoms with Gasteiger partial charge in [0.05, 0.1) is 57.0 Å². The molecule has 0 aliphatic carbocycles. The Labute approximate surface area is 331 Å². The smallest absolute Gasteiger partial charge is 0.0992 e. The van der Waals surface area contributed by atoms with Gasteiger partial charge in [0, 0.05) is 53.1 Å². The number of fused-ring (bicyclic) bond motifs is 10. The first-order valence-electron chi connectivity index (χ1n) is 18.6. The first-order chi connectivity index (χ1) is 28.1. The van der Waals surface area contributed by atoms with Crippen LogP contribution in [0.15, 0.2) is 164 Å². The summed E-state index contributed by atoms with van der Waals surface area (Å²) in [6, 6.07) is 63.1. The number of aromatic nitrogens is 2. The topological polar surface area (TPSA) is 81.2 Å². The van der Waals surface area contributed by atoms with E-state index in [9.17, 15) is 15.8 Å². The quantitative estimate of drug-likeness (QED) is 0.180. The van der Waals surface area contributed by atoms with Crippen molar-refractivity contribution in [3.8, 4) is 51.8 Å². The van der Waals surface area contributed by atoms with E-state index in [1.807, 2.05) is 65.9 Å². The molecule has 11 rings (SSSR count). The lowest BCUT2D eigenvalue weighted by molar-refractivity contribution is 1.18. The summed E-state index contributed by atoms with van der Waals surface area (Å²) in [5, 5.41) is 36.6. The second-order valence-electron chi connectivity index (χ2n) is 14.3. The normalized spacial score (nSPS) is 11.5. The molecular formula is C51H27N5S. The van der Waals surface area contributed by atoms with Crippen molar-refractivity contribution in [3.63, 3.8) is 0 Å². The van der Waals surface area contributed by atoms with Crippen LogP contribution in [0.4, 0.5) is 0 Å². The maximum atomic E-state index is 10.4. The zero-order valence-corrected chi connectivity index (χ0v) is 31.0. The summed E-state index contributed by atoms with van der Waals surface area (Å²) in [5.74, 6) is 0. The lowest BCUT2D eigenvalue weighted by Crippen LogP contribution is -1.97. The molecule has 11 aromatic rings. The lowest BCUT2D eigenvalue weighted by atomic mass is 9.93. The van der Waals surface area contributed by atoms with Crippen LogP contribution in [0.3, 0.4) is 0 Å². The third-order valence-electron chi connectivity index (χ3n) is 11.2. The Morgan fingerprint density at radius 3 is 1.72 bits per heavy atom. The molecule has 0 fully saturated rings. The van der Waals surface area contributed by atoms with Gasteiger partial charge in [0.2, 0.25) is 0 Å². The highest BCUT2D eigenvalue weighted by molar-refractivity contribution is 7.26. The maximum absolute atomic E-state index is 10.4. The van der Waals surface area contributed by atoms with Crippen molar-refractivity contribution in [2.45, 2.75) is 0 Å².